The van der Waals surface area contributed by atoms with E-state index >= 15 is 0 Å². The van der Waals surface area contributed by atoms with Crippen LogP contribution in [0.5, 0.6) is 0 Å². The average molecular weight is 1400 g/mol. The Hall–Kier alpha value is -1.94. The number of phosphoric ester groups is 2. The lowest BCUT2D eigenvalue weighted by Crippen LogP contribution is -2.30. The zero-order valence-electron chi connectivity index (χ0n) is 62.3. The fourth-order valence-corrected chi connectivity index (χ4v) is 13.0. The maximum Gasteiger partial charge on any atom is 0.472 e. The Morgan fingerprint density at radius 2 is 0.505 bits per heavy atom. The lowest BCUT2D eigenvalue weighted by Gasteiger charge is -2.21. The van der Waals surface area contributed by atoms with Gasteiger partial charge in [0.25, 0.3) is 0 Å². The van der Waals surface area contributed by atoms with E-state index in [-0.39, 0.29) is 25.7 Å². The van der Waals surface area contributed by atoms with Gasteiger partial charge < -0.3 is 33.8 Å². The van der Waals surface area contributed by atoms with Crippen molar-refractivity contribution in [3.63, 3.8) is 0 Å². The van der Waals surface area contributed by atoms with Gasteiger partial charge in [-0.15, -0.1) is 0 Å². The summed E-state index contributed by atoms with van der Waals surface area (Å²) in [4.78, 5) is 72.7. The number of aliphatic hydroxyl groups excluding tert-OH is 1. The van der Waals surface area contributed by atoms with Gasteiger partial charge in [0.2, 0.25) is 0 Å². The van der Waals surface area contributed by atoms with Crippen LogP contribution in [0.4, 0.5) is 0 Å². The van der Waals surface area contributed by atoms with Crippen molar-refractivity contribution in [1.82, 2.24) is 0 Å². The monoisotopic (exact) mass is 1400 g/mol. The van der Waals surface area contributed by atoms with Crippen LogP contribution >= 0.6 is 15.6 Å². The van der Waals surface area contributed by atoms with Gasteiger partial charge in [-0.25, -0.2) is 9.13 Å². The average Bonchev–Trinajstić information content (AvgIpc) is 1.75. The fourth-order valence-electron chi connectivity index (χ4n) is 11.5. The molecule has 0 aliphatic carbocycles. The van der Waals surface area contributed by atoms with Crippen molar-refractivity contribution in [2.75, 3.05) is 39.6 Å². The van der Waals surface area contributed by atoms with Crippen LogP contribution in [-0.2, 0) is 65.4 Å². The van der Waals surface area contributed by atoms with E-state index in [1.165, 1.54) is 180 Å². The summed E-state index contributed by atoms with van der Waals surface area (Å²) in [6.07, 6.45) is 50.2. The van der Waals surface area contributed by atoms with E-state index in [2.05, 4.69) is 55.4 Å². The summed E-state index contributed by atoms with van der Waals surface area (Å²) >= 11 is 0. The Morgan fingerprint density at radius 3 is 0.747 bits per heavy atom. The smallest absolute Gasteiger partial charge is 0.462 e. The molecular formula is C76H148O17P2. The number of carbonyl (C=O) groups is 4. The first-order valence-corrected chi connectivity index (χ1v) is 42.3. The van der Waals surface area contributed by atoms with Crippen molar-refractivity contribution < 1.29 is 80.2 Å². The number of unbranched alkanes of at least 4 members (excludes halogenated alkanes) is 36. The van der Waals surface area contributed by atoms with Gasteiger partial charge in [0.15, 0.2) is 12.2 Å². The number of aliphatic hydroxyl groups is 1. The number of phosphoric acid groups is 2. The highest BCUT2D eigenvalue weighted by Gasteiger charge is 2.30. The molecule has 564 valence electrons. The molecule has 0 aromatic carbocycles. The van der Waals surface area contributed by atoms with Crippen LogP contribution in [0.15, 0.2) is 0 Å². The third-order valence-corrected chi connectivity index (χ3v) is 20.6. The van der Waals surface area contributed by atoms with Crippen LogP contribution in [0.2, 0.25) is 0 Å². The van der Waals surface area contributed by atoms with Crippen molar-refractivity contribution in [1.29, 1.82) is 0 Å². The first-order valence-electron chi connectivity index (χ1n) is 39.3. The first-order chi connectivity index (χ1) is 45.7. The normalized spacial score (nSPS) is 15.0. The van der Waals surface area contributed by atoms with E-state index in [0.717, 1.165) is 114 Å². The number of hydrogen-bond acceptors (Lipinski definition) is 15. The molecule has 5 unspecified atom stereocenters. The maximum atomic E-state index is 13.1. The molecule has 0 aromatic heterocycles. The number of ether oxygens (including phenoxy) is 4. The molecule has 0 saturated carbocycles. The molecule has 0 bridgehead atoms. The number of carbonyl (C=O) groups excluding carboxylic acids is 4. The molecule has 0 aromatic rings. The first kappa shape index (κ1) is 93.1. The zero-order chi connectivity index (χ0) is 70.3. The second-order valence-electron chi connectivity index (χ2n) is 28.6. The minimum Gasteiger partial charge on any atom is -0.462 e. The summed E-state index contributed by atoms with van der Waals surface area (Å²) in [6.45, 7) is 14.2. The van der Waals surface area contributed by atoms with Crippen molar-refractivity contribution >= 4 is 39.5 Å². The number of hydrogen-bond donors (Lipinski definition) is 3. The van der Waals surface area contributed by atoms with Crippen LogP contribution in [0.25, 0.3) is 0 Å². The van der Waals surface area contributed by atoms with E-state index in [9.17, 15) is 43.2 Å². The van der Waals surface area contributed by atoms with Gasteiger partial charge in [0.1, 0.15) is 19.3 Å². The molecule has 95 heavy (non-hydrogen) atoms. The lowest BCUT2D eigenvalue weighted by atomic mass is 9.99. The lowest BCUT2D eigenvalue weighted by molar-refractivity contribution is -0.161. The largest absolute Gasteiger partial charge is 0.472 e. The quantitative estimate of drug-likeness (QED) is 0.0222. The van der Waals surface area contributed by atoms with Crippen molar-refractivity contribution in [3.8, 4) is 0 Å². The molecule has 0 rings (SSSR count). The number of rotatable bonds is 73. The van der Waals surface area contributed by atoms with E-state index in [1.807, 2.05) is 0 Å². The molecule has 0 radical (unpaired) electrons. The highest BCUT2D eigenvalue weighted by atomic mass is 31.2. The summed E-state index contributed by atoms with van der Waals surface area (Å²) in [5, 5.41) is 10.6. The van der Waals surface area contributed by atoms with E-state index < -0.39 is 97.5 Å². The Morgan fingerprint density at radius 1 is 0.295 bits per heavy atom. The van der Waals surface area contributed by atoms with Gasteiger partial charge >= 0.3 is 39.5 Å². The van der Waals surface area contributed by atoms with E-state index in [0.29, 0.717) is 31.6 Å². The zero-order valence-corrected chi connectivity index (χ0v) is 64.1. The van der Waals surface area contributed by atoms with Crippen LogP contribution in [0.3, 0.4) is 0 Å². The highest BCUT2D eigenvalue weighted by Crippen LogP contribution is 2.45. The summed E-state index contributed by atoms with van der Waals surface area (Å²) < 4.78 is 68.4. The molecule has 0 spiro atoms. The van der Waals surface area contributed by atoms with Crippen molar-refractivity contribution in [2.45, 2.75) is 401 Å². The predicted octanol–water partition coefficient (Wildman–Crippen LogP) is 22.0. The molecule has 0 amide bonds. The van der Waals surface area contributed by atoms with Crippen molar-refractivity contribution in [2.24, 2.45) is 23.7 Å². The molecule has 3 N–H and O–H groups in total. The Balaban J connectivity index is 5.19. The van der Waals surface area contributed by atoms with Gasteiger partial charge in [-0.1, -0.05) is 331 Å². The Labute approximate surface area is 581 Å². The fraction of sp³-hybridized carbons (Fsp3) is 0.947. The SMILES string of the molecule is CCC(C)CCCCCCCCCCCCCCCCCCCCC(=O)O[C@H](COC(=O)CCCCCCCCCCCCC(C)CC)COP(=O)(O)OC[C@@H](O)COP(=O)(O)OC[C@@H](COC(=O)CCCCCCCCC(C)C)OC(=O)CCCCCCCCC(C)CC. The van der Waals surface area contributed by atoms with Crippen LogP contribution < -0.4 is 0 Å². The van der Waals surface area contributed by atoms with Gasteiger partial charge in [0, 0.05) is 25.7 Å². The third kappa shape index (κ3) is 66.4. The molecule has 0 fully saturated rings. The van der Waals surface area contributed by atoms with Gasteiger partial charge in [0.05, 0.1) is 26.4 Å². The van der Waals surface area contributed by atoms with Gasteiger partial charge in [-0.2, -0.15) is 0 Å². The van der Waals surface area contributed by atoms with Gasteiger partial charge in [-0.05, 0) is 49.4 Å². The summed E-state index contributed by atoms with van der Waals surface area (Å²) in [6, 6.07) is 0. The topological polar surface area (TPSA) is 237 Å². The van der Waals surface area contributed by atoms with E-state index in [1.54, 1.807) is 0 Å². The second kappa shape index (κ2) is 65.4. The molecule has 19 heteroatoms. The summed E-state index contributed by atoms with van der Waals surface area (Å²) in [7, 11) is -9.91. The van der Waals surface area contributed by atoms with E-state index in [4.69, 9.17) is 37.0 Å². The van der Waals surface area contributed by atoms with Crippen LogP contribution in [0.1, 0.15) is 383 Å². The van der Waals surface area contributed by atoms with Crippen LogP contribution in [0, 0.1) is 23.7 Å². The predicted molar refractivity (Wildman–Crippen MR) is 386 cm³/mol. The molecule has 0 aliphatic heterocycles. The summed E-state index contributed by atoms with van der Waals surface area (Å²) in [5.74, 6) is 0.953. The third-order valence-electron chi connectivity index (χ3n) is 18.7. The minimum absolute atomic E-state index is 0.102. The summed E-state index contributed by atoms with van der Waals surface area (Å²) in [5.41, 5.74) is 0. The van der Waals surface area contributed by atoms with Crippen LogP contribution in [-0.4, -0.2) is 96.7 Å². The standard InChI is InChI=1S/C76H148O17P2/c1-9-67(6)53-45-37-28-24-20-18-16-14-12-13-15-17-19-21-27-31-42-50-58-75(80)92-71(62-86-73(78)56-48-40-30-26-23-22-25-29-38-46-54-68(7)10-2)64-90-94(82,83)88-60-70(77)61-89-95(84,85)91-65-72(63-87-74(79)57-49-41-34-32-36-44-52-66(4)5)93-76(81)59-51-43-35-33-39-47-55-69(8)11-3/h66-72,77H,9-65H2,1-8H3,(H,82,83)(H,84,85)/t67?,68?,69?,70-,71-,72-/m1/s1. The minimum atomic E-state index is -4.96. The molecule has 17 nitrogen and oxygen atoms in total. The molecule has 0 saturated heterocycles. The molecule has 0 heterocycles. The molecular weight excluding hydrogens is 1250 g/mol. The highest BCUT2D eigenvalue weighted by molar-refractivity contribution is 7.47. The molecule has 0 aliphatic rings. The molecule has 8 atom stereocenters. The second-order valence-corrected chi connectivity index (χ2v) is 31.5. The number of esters is 4. The Kier molecular flexibility index (Phi) is 64.0. The van der Waals surface area contributed by atoms with Gasteiger partial charge in [-0.3, -0.25) is 37.3 Å². The Bertz CT molecular complexity index is 1870. The van der Waals surface area contributed by atoms with Crippen molar-refractivity contribution in [3.05, 3.63) is 0 Å². The maximum absolute atomic E-state index is 13.1.